The van der Waals surface area contributed by atoms with Crippen molar-refractivity contribution < 1.29 is 9.18 Å². The van der Waals surface area contributed by atoms with Gasteiger partial charge in [-0.2, -0.15) is 0 Å². The molecular formula is C20H21FN4OS. The number of anilines is 1. The molecule has 0 spiro atoms. The minimum atomic E-state index is -0.444. The highest BCUT2D eigenvalue weighted by Crippen LogP contribution is 2.20. The lowest BCUT2D eigenvalue weighted by Crippen LogP contribution is -2.16. The molecule has 1 N–H and O–H groups in total. The van der Waals surface area contributed by atoms with Gasteiger partial charge in [-0.1, -0.05) is 48.2 Å². The topological polar surface area (TPSA) is 59.8 Å². The van der Waals surface area contributed by atoms with Crippen LogP contribution in [0, 0.1) is 12.7 Å². The SMILES string of the molecule is CCn1c(Cc2ccccc2)nnc1SCC(=O)Nc1cc(C)ccc1F. The van der Waals surface area contributed by atoms with Gasteiger partial charge in [-0.05, 0) is 37.1 Å². The fourth-order valence-electron chi connectivity index (χ4n) is 2.70. The van der Waals surface area contributed by atoms with Crippen LogP contribution in [-0.2, 0) is 17.8 Å². The fraction of sp³-hybridized carbons (Fsp3) is 0.250. The number of halogens is 1. The summed E-state index contributed by atoms with van der Waals surface area (Å²) in [5, 5.41) is 11.8. The zero-order valence-electron chi connectivity index (χ0n) is 15.3. The van der Waals surface area contributed by atoms with Crippen LogP contribution in [0.1, 0.15) is 23.9 Å². The maximum atomic E-state index is 13.8. The maximum Gasteiger partial charge on any atom is 0.234 e. The standard InChI is InChI=1S/C20H21FN4OS/c1-3-25-18(12-15-7-5-4-6-8-15)23-24-20(25)27-13-19(26)22-17-11-14(2)9-10-16(17)21/h4-11H,3,12-13H2,1-2H3,(H,22,26). The number of carbonyl (C=O) groups is 1. The van der Waals surface area contributed by atoms with Crippen molar-refractivity contribution in [3.63, 3.8) is 0 Å². The van der Waals surface area contributed by atoms with Gasteiger partial charge in [0.1, 0.15) is 11.6 Å². The number of carbonyl (C=O) groups excluding carboxylic acids is 1. The molecule has 0 radical (unpaired) electrons. The molecule has 0 fully saturated rings. The maximum absolute atomic E-state index is 13.8. The molecule has 7 heteroatoms. The molecule has 0 unspecified atom stereocenters. The van der Waals surface area contributed by atoms with Crippen LogP contribution in [-0.4, -0.2) is 26.4 Å². The van der Waals surface area contributed by atoms with Gasteiger partial charge in [-0.25, -0.2) is 4.39 Å². The Morgan fingerprint density at radius 1 is 1.19 bits per heavy atom. The molecular weight excluding hydrogens is 363 g/mol. The quantitative estimate of drug-likeness (QED) is 0.624. The average molecular weight is 384 g/mol. The first kappa shape index (κ1) is 19.1. The van der Waals surface area contributed by atoms with E-state index in [0.717, 1.165) is 17.0 Å². The van der Waals surface area contributed by atoms with E-state index >= 15 is 0 Å². The second-order valence-corrected chi connectivity index (χ2v) is 7.07. The summed E-state index contributed by atoms with van der Waals surface area (Å²) in [5.41, 5.74) is 2.24. The van der Waals surface area contributed by atoms with Crippen LogP contribution in [0.4, 0.5) is 10.1 Å². The van der Waals surface area contributed by atoms with Crippen LogP contribution in [0.5, 0.6) is 0 Å². The normalized spacial score (nSPS) is 10.8. The summed E-state index contributed by atoms with van der Waals surface area (Å²) in [6, 6.07) is 14.7. The highest BCUT2D eigenvalue weighted by molar-refractivity contribution is 7.99. The summed E-state index contributed by atoms with van der Waals surface area (Å²) in [4.78, 5) is 12.2. The third-order valence-corrected chi connectivity index (χ3v) is 5.01. The number of nitrogens with zero attached hydrogens (tertiary/aromatic N) is 3. The van der Waals surface area contributed by atoms with Crippen LogP contribution in [0.25, 0.3) is 0 Å². The minimum Gasteiger partial charge on any atom is -0.323 e. The molecule has 5 nitrogen and oxygen atoms in total. The Kier molecular flexibility index (Phi) is 6.24. The molecule has 1 amide bonds. The lowest BCUT2D eigenvalue weighted by atomic mass is 10.1. The third-order valence-electron chi connectivity index (χ3n) is 4.04. The molecule has 1 aromatic heterocycles. The van der Waals surface area contributed by atoms with Gasteiger partial charge in [0, 0.05) is 13.0 Å². The number of nitrogens with one attached hydrogen (secondary N) is 1. The van der Waals surface area contributed by atoms with E-state index in [1.54, 1.807) is 12.1 Å². The van der Waals surface area contributed by atoms with Gasteiger partial charge < -0.3 is 9.88 Å². The zero-order valence-corrected chi connectivity index (χ0v) is 16.1. The second-order valence-electron chi connectivity index (χ2n) is 6.13. The van der Waals surface area contributed by atoms with E-state index < -0.39 is 5.82 Å². The largest absolute Gasteiger partial charge is 0.323 e. The van der Waals surface area contributed by atoms with E-state index in [1.165, 1.54) is 17.8 Å². The minimum absolute atomic E-state index is 0.136. The summed E-state index contributed by atoms with van der Waals surface area (Å²) in [7, 11) is 0. The smallest absolute Gasteiger partial charge is 0.234 e. The fourth-order valence-corrected chi connectivity index (χ4v) is 3.53. The van der Waals surface area contributed by atoms with Gasteiger partial charge in [-0.3, -0.25) is 4.79 Å². The molecule has 27 heavy (non-hydrogen) atoms. The van der Waals surface area contributed by atoms with Crippen LogP contribution >= 0.6 is 11.8 Å². The van der Waals surface area contributed by atoms with Gasteiger partial charge in [0.05, 0.1) is 11.4 Å². The third kappa shape index (κ3) is 4.95. The molecule has 3 rings (SSSR count). The van der Waals surface area contributed by atoms with Crippen molar-refractivity contribution in [2.75, 3.05) is 11.1 Å². The second kappa shape index (κ2) is 8.81. The van der Waals surface area contributed by atoms with Crippen molar-refractivity contribution in [2.45, 2.75) is 32.0 Å². The summed E-state index contributed by atoms with van der Waals surface area (Å²) < 4.78 is 15.8. The summed E-state index contributed by atoms with van der Waals surface area (Å²) in [5.74, 6) is 0.272. The molecule has 0 aliphatic rings. The van der Waals surface area contributed by atoms with Crippen LogP contribution in [0.2, 0.25) is 0 Å². The Labute approximate surface area is 162 Å². The van der Waals surface area contributed by atoms with Crippen LogP contribution in [0.3, 0.4) is 0 Å². The predicted molar refractivity (Wildman–Crippen MR) is 105 cm³/mol. The van der Waals surface area contributed by atoms with Crippen molar-refractivity contribution in [2.24, 2.45) is 0 Å². The number of amides is 1. The van der Waals surface area contributed by atoms with Gasteiger partial charge in [-0.15, -0.1) is 10.2 Å². The number of rotatable bonds is 7. The first-order valence-corrected chi connectivity index (χ1v) is 9.70. The molecule has 2 aromatic carbocycles. The predicted octanol–water partition coefficient (Wildman–Crippen LogP) is 4.07. The number of aryl methyl sites for hydroxylation is 1. The van der Waals surface area contributed by atoms with Gasteiger partial charge in [0.2, 0.25) is 5.91 Å². The summed E-state index contributed by atoms with van der Waals surface area (Å²) in [6.07, 6.45) is 0.683. The molecule has 0 bridgehead atoms. The Morgan fingerprint density at radius 3 is 2.70 bits per heavy atom. The van der Waals surface area contributed by atoms with Crippen LogP contribution in [0.15, 0.2) is 53.7 Å². The van der Waals surface area contributed by atoms with Gasteiger partial charge in [0.25, 0.3) is 0 Å². The van der Waals surface area contributed by atoms with Gasteiger partial charge in [0.15, 0.2) is 5.16 Å². The van der Waals surface area contributed by atoms with E-state index in [0.29, 0.717) is 18.1 Å². The van der Waals surface area contributed by atoms with E-state index in [2.05, 4.69) is 15.5 Å². The first-order chi connectivity index (χ1) is 13.1. The molecule has 0 saturated heterocycles. The molecule has 0 aliphatic carbocycles. The lowest BCUT2D eigenvalue weighted by molar-refractivity contribution is -0.113. The van der Waals surface area contributed by atoms with Crippen molar-refractivity contribution in [1.29, 1.82) is 0 Å². The Bertz CT molecular complexity index is 927. The van der Waals surface area contributed by atoms with Gasteiger partial charge >= 0.3 is 0 Å². The Morgan fingerprint density at radius 2 is 1.96 bits per heavy atom. The van der Waals surface area contributed by atoms with E-state index in [9.17, 15) is 9.18 Å². The average Bonchev–Trinajstić information content (AvgIpc) is 3.05. The number of thioether (sulfide) groups is 1. The molecule has 3 aromatic rings. The molecule has 0 atom stereocenters. The number of aromatic nitrogens is 3. The van der Waals surface area contributed by atoms with Crippen molar-refractivity contribution >= 4 is 23.4 Å². The lowest BCUT2D eigenvalue weighted by Gasteiger charge is -2.09. The van der Waals surface area contributed by atoms with Crippen molar-refractivity contribution in [3.8, 4) is 0 Å². The zero-order chi connectivity index (χ0) is 19.2. The van der Waals surface area contributed by atoms with E-state index in [4.69, 9.17) is 0 Å². The number of hydrogen-bond acceptors (Lipinski definition) is 4. The molecule has 0 saturated carbocycles. The number of benzene rings is 2. The summed E-state index contributed by atoms with van der Waals surface area (Å²) >= 11 is 1.30. The highest BCUT2D eigenvalue weighted by Gasteiger charge is 2.14. The van der Waals surface area contributed by atoms with Crippen LogP contribution < -0.4 is 5.32 Å². The molecule has 140 valence electrons. The molecule has 1 heterocycles. The van der Waals surface area contributed by atoms with Crippen molar-refractivity contribution in [3.05, 3.63) is 71.3 Å². The first-order valence-electron chi connectivity index (χ1n) is 8.71. The Hall–Kier alpha value is -2.67. The number of hydrogen-bond donors (Lipinski definition) is 1. The summed E-state index contributed by atoms with van der Waals surface area (Å²) in [6.45, 7) is 4.58. The van der Waals surface area contributed by atoms with E-state index in [1.807, 2.05) is 48.7 Å². The molecule has 0 aliphatic heterocycles. The van der Waals surface area contributed by atoms with Crippen molar-refractivity contribution in [1.82, 2.24) is 14.8 Å². The Balaban J connectivity index is 1.64. The highest BCUT2D eigenvalue weighted by atomic mass is 32.2. The monoisotopic (exact) mass is 384 g/mol. The van der Waals surface area contributed by atoms with E-state index in [-0.39, 0.29) is 17.3 Å².